The fraction of sp³-hybridized carbons (Fsp3) is 0.692. The molecular formula is C13H24N2O. The van der Waals surface area contributed by atoms with E-state index in [-0.39, 0.29) is 5.41 Å². The van der Waals surface area contributed by atoms with Crippen LogP contribution < -0.4 is 5.73 Å². The van der Waals surface area contributed by atoms with E-state index < -0.39 is 0 Å². The van der Waals surface area contributed by atoms with Gasteiger partial charge in [-0.2, -0.15) is 0 Å². The van der Waals surface area contributed by atoms with Gasteiger partial charge in [0.25, 0.3) is 0 Å². The summed E-state index contributed by atoms with van der Waals surface area (Å²) < 4.78 is 5.34. The van der Waals surface area contributed by atoms with Crippen molar-refractivity contribution in [3.63, 3.8) is 0 Å². The van der Waals surface area contributed by atoms with Gasteiger partial charge in [0.05, 0.1) is 12.8 Å². The molecular weight excluding hydrogens is 200 g/mol. The maximum atomic E-state index is 5.86. The minimum atomic E-state index is 0.218. The molecule has 0 saturated carbocycles. The summed E-state index contributed by atoms with van der Waals surface area (Å²) >= 11 is 0. The minimum Gasteiger partial charge on any atom is -0.468 e. The van der Waals surface area contributed by atoms with Gasteiger partial charge in [-0.15, -0.1) is 0 Å². The van der Waals surface area contributed by atoms with Crippen LogP contribution in [-0.4, -0.2) is 25.0 Å². The highest BCUT2D eigenvalue weighted by Gasteiger charge is 2.23. The Hall–Kier alpha value is -0.800. The summed E-state index contributed by atoms with van der Waals surface area (Å²) in [6, 6.07) is 3.94. The van der Waals surface area contributed by atoms with Gasteiger partial charge in [0, 0.05) is 6.54 Å². The maximum Gasteiger partial charge on any atom is 0.117 e. The van der Waals surface area contributed by atoms with Crippen LogP contribution in [-0.2, 0) is 6.54 Å². The fourth-order valence-electron chi connectivity index (χ4n) is 2.23. The lowest BCUT2D eigenvalue weighted by molar-refractivity contribution is 0.171. The SMILES string of the molecule is CCCC(C)(CN)CN(C)Cc1ccco1. The monoisotopic (exact) mass is 224 g/mol. The lowest BCUT2D eigenvalue weighted by Gasteiger charge is -2.32. The summed E-state index contributed by atoms with van der Waals surface area (Å²) in [5.74, 6) is 1.01. The van der Waals surface area contributed by atoms with Gasteiger partial charge < -0.3 is 10.2 Å². The highest BCUT2D eigenvalue weighted by Crippen LogP contribution is 2.23. The summed E-state index contributed by atoms with van der Waals surface area (Å²) in [6.45, 7) is 7.07. The predicted molar refractivity (Wildman–Crippen MR) is 67.1 cm³/mol. The summed E-state index contributed by atoms with van der Waals surface area (Å²) in [6.07, 6.45) is 4.08. The molecule has 0 aliphatic heterocycles. The largest absolute Gasteiger partial charge is 0.468 e. The van der Waals surface area contributed by atoms with Crippen molar-refractivity contribution in [3.8, 4) is 0 Å². The molecule has 1 heterocycles. The first-order valence-electron chi connectivity index (χ1n) is 6.00. The molecule has 2 N–H and O–H groups in total. The third-order valence-corrected chi connectivity index (χ3v) is 3.00. The van der Waals surface area contributed by atoms with Gasteiger partial charge in [-0.1, -0.05) is 20.3 Å². The van der Waals surface area contributed by atoms with Crippen LogP contribution in [0.1, 0.15) is 32.4 Å². The first-order chi connectivity index (χ1) is 7.59. The predicted octanol–water partition coefficient (Wildman–Crippen LogP) is 2.48. The van der Waals surface area contributed by atoms with Crippen molar-refractivity contribution in [1.82, 2.24) is 4.90 Å². The molecule has 3 heteroatoms. The molecule has 0 bridgehead atoms. The second kappa shape index (κ2) is 6.06. The molecule has 0 aromatic carbocycles. The Balaban J connectivity index is 2.45. The normalized spacial score (nSPS) is 15.3. The number of nitrogens with zero attached hydrogens (tertiary/aromatic N) is 1. The van der Waals surface area contributed by atoms with Crippen LogP contribution in [0.3, 0.4) is 0 Å². The zero-order valence-corrected chi connectivity index (χ0v) is 10.7. The Kier molecular flexibility index (Phi) is 5.03. The second-order valence-corrected chi connectivity index (χ2v) is 5.02. The van der Waals surface area contributed by atoms with Gasteiger partial charge in [0.15, 0.2) is 0 Å². The zero-order valence-electron chi connectivity index (χ0n) is 10.7. The summed E-state index contributed by atoms with van der Waals surface area (Å²) in [5.41, 5.74) is 6.08. The van der Waals surface area contributed by atoms with E-state index >= 15 is 0 Å². The van der Waals surface area contributed by atoms with E-state index in [1.54, 1.807) is 6.26 Å². The van der Waals surface area contributed by atoms with Crippen molar-refractivity contribution in [2.75, 3.05) is 20.1 Å². The number of nitrogens with two attached hydrogens (primary N) is 1. The Morgan fingerprint density at radius 2 is 2.25 bits per heavy atom. The molecule has 0 aliphatic rings. The molecule has 1 aromatic heterocycles. The molecule has 0 fully saturated rings. The lowest BCUT2D eigenvalue weighted by atomic mass is 9.85. The van der Waals surface area contributed by atoms with Crippen LogP contribution in [0.15, 0.2) is 22.8 Å². The molecule has 0 radical (unpaired) electrons. The first-order valence-corrected chi connectivity index (χ1v) is 6.00. The highest BCUT2D eigenvalue weighted by atomic mass is 16.3. The number of furan rings is 1. The van der Waals surface area contributed by atoms with Crippen molar-refractivity contribution < 1.29 is 4.42 Å². The second-order valence-electron chi connectivity index (χ2n) is 5.02. The Bertz CT molecular complexity index is 284. The van der Waals surface area contributed by atoms with Gasteiger partial charge in [0.2, 0.25) is 0 Å². The summed E-state index contributed by atoms with van der Waals surface area (Å²) in [4.78, 5) is 2.28. The van der Waals surface area contributed by atoms with Gasteiger partial charge in [-0.25, -0.2) is 0 Å². The molecule has 1 rings (SSSR count). The summed E-state index contributed by atoms with van der Waals surface area (Å²) in [5, 5.41) is 0. The Morgan fingerprint density at radius 1 is 1.50 bits per heavy atom. The third kappa shape index (κ3) is 3.99. The third-order valence-electron chi connectivity index (χ3n) is 3.00. The van der Waals surface area contributed by atoms with Gasteiger partial charge in [0.1, 0.15) is 5.76 Å². The van der Waals surface area contributed by atoms with Gasteiger partial charge in [-0.3, -0.25) is 4.90 Å². The molecule has 1 atom stereocenters. The highest BCUT2D eigenvalue weighted by molar-refractivity contribution is 4.97. The molecule has 1 aromatic rings. The van der Waals surface area contributed by atoms with Crippen molar-refractivity contribution in [3.05, 3.63) is 24.2 Å². The standard InChI is InChI=1S/C13H24N2O/c1-4-7-13(2,10-14)11-15(3)9-12-6-5-8-16-12/h5-6,8H,4,7,9-11,14H2,1-3H3. The zero-order chi connectivity index (χ0) is 12.0. The molecule has 1 unspecified atom stereocenters. The van der Waals surface area contributed by atoms with E-state index in [2.05, 4.69) is 25.8 Å². The lowest BCUT2D eigenvalue weighted by Crippen LogP contribution is -2.38. The molecule has 0 aliphatic carbocycles. The van der Waals surface area contributed by atoms with Crippen molar-refractivity contribution >= 4 is 0 Å². The van der Waals surface area contributed by atoms with Gasteiger partial charge >= 0.3 is 0 Å². The molecule has 0 saturated heterocycles. The van der Waals surface area contributed by atoms with E-state index in [4.69, 9.17) is 10.2 Å². The van der Waals surface area contributed by atoms with Crippen molar-refractivity contribution in [2.45, 2.75) is 33.2 Å². The number of hydrogen-bond acceptors (Lipinski definition) is 3. The van der Waals surface area contributed by atoms with Crippen molar-refractivity contribution in [1.29, 1.82) is 0 Å². The van der Waals surface area contributed by atoms with Crippen LogP contribution in [0, 0.1) is 5.41 Å². The van der Waals surface area contributed by atoms with E-state index in [1.165, 1.54) is 12.8 Å². The molecule has 3 nitrogen and oxygen atoms in total. The topological polar surface area (TPSA) is 42.4 Å². The van der Waals surface area contributed by atoms with E-state index in [9.17, 15) is 0 Å². The van der Waals surface area contributed by atoms with Crippen LogP contribution in [0.25, 0.3) is 0 Å². The first kappa shape index (κ1) is 13.3. The molecule has 16 heavy (non-hydrogen) atoms. The van der Waals surface area contributed by atoms with Crippen LogP contribution >= 0.6 is 0 Å². The van der Waals surface area contributed by atoms with Crippen LogP contribution in [0.5, 0.6) is 0 Å². The number of rotatable bonds is 7. The fourth-order valence-corrected chi connectivity index (χ4v) is 2.23. The average molecular weight is 224 g/mol. The molecule has 92 valence electrons. The van der Waals surface area contributed by atoms with Crippen LogP contribution in [0.2, 0.25) is 0 Å². The molecule has 0 amide bonds. The summed E-state index contributed by atoms with van der Waals surface area (Å²) in [7, 11) is 2.12. The quantitative estimate of drug-likeness (QED) is 0.773. The van der Waals surface area contributed by atoms with E-state index in [1.807, 2.05) is 12.1 Å². The molecule has 0 spiro atoms. The average Bonchev–Trinajstić information content (AvgIpc) is 2.70. The van der Waals surface area contributed by atoms with E-state index in [0.717, 1.165) is 25.4 Å². The Morgan fingerprint density at radius 3 is 2.75 bits per heavy atom. The minimum absolute atomic E-state index is 0.218. The maximum absolute atomic E-state index is 5.86. The Labute approximate surface area is 98.6 Å². The van der Waals surface area contributed by atoms with Crippen LogP contribution in [0.4, 0.5) is 0 Å². The van der Waals surface area contributed by atoms with Gasteiger partial charge in [-0.05, 0) is 37.6 Å². The smallest absolute Gasteiger partial charge is 0.117 e. The number of hydrogen-bond donors (Lipinski definition) is 1. The van der Waals surface area contributed by atoms with E-state index in [0.29, 0.717) is 0 Å². The van der Waals surface area contributed by atoms with Crippen molar-refractivity contribution in [2.24, 2.45) is 11.1 Å².